The summed E-state index contributed by atoms with van der Waals surface area (Å²) < 4.78 is 0. The molecule has 0 saturated carbocycles. The number of anilines is 1. The van der Waals surface area contributed by atoms with E-state index in [1.807, 2.05) is 45.0 Å². The van der Waals surface area contributed by atoms with E-state index >= 15 is 0 Å². The number of nitrogens with one attached hydrogen (secondary N) is 2. The van der Waals surface area contributed by atoms with E-state index in [-0.39, 0.29) is 30.7 Å². The van der Waals surface area contributed by atoms with Crippen LogP contribution in [-0.2, 0) is 26.3 Å². The van der Waals surface area contributed by atoms with Gasteiger partial charge < -0.3 is 10.2 Å². The van der Waals surface area contributed by atoms with Gasteiger partial charge in [-0.2, -0.15) is 0 Å². The van der Waals surface area contributed by atoms with Crippen molar-refractivity contribution in [2.24, 2.45) is 0 Å². The molecular formula is C24H25N3O4. The van der Waals surface area contributed by atoms with Gasteiger partial charge >= 0.3 is 0 Å². The van der Waals surface area contributed by atoms with E-state index in [0.29, 0.717) is 23.2 Å². The number of carbonyl (C=O) groups is 4. The Morgan fingerprint density at radius 2 is 1.87 bits per heavy atom. The number of imide groups is 1. The van der Waals surface area contributed by atoms with Crippen molar-refractivity contribution in [1.82, 2.24) is 10.2 Å². The largest absolute Gasteiger partial charge is 0.325 e. The lowest BCUT2D eigenvalue weighted by atomic mass is 9.83. The fraction of sp³-hybridized carbons (Fsp3) is 0.333. The summed E-state index contributed by atoms with van der Waals surface area (Å²) in [5.74, 6) is -1.22. The van der Waals surface area contributed by atoms with Crippen LogP contribution in [0.5, 0.6) is 0 Å². The first-order valence-electron chi connectivity index (χ1n) is 10.3. The van der Waals surface area contributed by atoms with E-state index in [1.54, 1.807) is 18.2 Å². The molecule has 1 unspecified atom stereocenters. The Hall–Kier alpha value is -3.48. The Bertz CT molecular complexity index is 1110. The van der Waals surface area contributed by atoms with Gasteiger partial charge in [-0.05, 0) is 44.9 Å². The molecular weight excluding hydrogens is 394 g/mol. The molecule has 2 aliphatic heterocycles. The Balaban J connectivity index is 1.58. The van der Waals surface area contributed by atoms with Gasteiger partial charge in [0.2, 0.25) is 17.7 Å². The maximum Gasteiger partial charge on any atom is 0.255 e. The van der Waals surface area contributed by atoms with Crippen LogP contribution in [0.25, 0.3) is 0 Å². The molecule has 0 aromatic heterocycles. The minimum absolute atomic E-state index is 0.182. The number of hydrogen-bond donors (Lipinski definition) is 2. The highest BCUT2D eigenvalue weighted by Gasteiger charge is 2.40. The van der Waals surface area contributed by atoms with Crippen molar-refractivity contribution in [1.29, 1.82) is 0 Å². The zero-order valence-corrected chi connectivity index (χ0v) is 17.8. The monoisotopic (exact) mass is 419 g/mol. The number of benzene rings is 2. The van der Waals surface area contributed by atoms with Gasteiger partial charge in [-0.3, -0.25) is 24.5 Å². The molecule has 4 amide bonds. The van der Waals surface area contributed by atoms with Crippen molar-refractivity contribution in [2.45, 2.75) is 51.6 Å². The molecule has 0 bridgehead atoms. The van der Waals surface area contributed by atoms with Gasteiger partial charge in [0.15, 0.2) is 0 Å². The van der Waals surface area contributed by atoms with Crippen LogP contribution in [0.4, 0.5) is 5.69 Å². The highest BCUT2D eigenvalue weighted by molar-refractivity contribution is 6.07. The second kappa shape index (κ2) is 7.65. The van der Waals surface area contributed by atoms with Crippen molar-refractivity contribution in [3.05, 3.63) is 64.7 Å². The minimum Gasteiger partial charge on any atom is -0.325 e. The number of nitrogens with zero attached hydrogens (tertiary/aromatic N) is 1. The van der Waals surface area contributed by atoms with Crippen LogP contribution in [-0.4, -0.2) is 34.6 Å². The van der Waals surface area contributed by atoms with Crippen LogP contribution >= 0.6 is 0 Å². The molecule has 1 atom stereocenters. The number of rotatable bonds is 4. The third-order valence-corrected chi connectivity index (χ3v) is 6.14. The summed E-state index contributed by atoms with van der Waals surface area (Å²) in [5.41, 5.74) is 2.91. The van der Waals surface area contributed by atoms with Crippen molar-refractivity contribution in [3.8, 4) is 0 Å². The van der Waals surface area contributed by atoms with E-state index in [2.05, 4.69) is 10.6 Å². The topological polar surface area (TPSA) is 95.6 Å². The summed E-state index contributed by atoms with van der Waals surface area (Å²) >= 11 is 0. The number of carbonyl (C=O) groups excluding carboxylic acids is 4. The van der Waals surface area contributed by atoms with Crippen molar-refractivity contribution >= 4 is 29.3 Å². The average Bonchev–Trinajstić information content (AvgIpc) is 3.05. The van der Waals surface area contributed by atoms with Crippen molar-refractivity contribution < 1.29 is 19.2 Å². The number of amides is 4. The number of fused-ring (bicyclic) bond motifs is 1. The smallest absolute Gasteiger partial charge is 0.255 e. The van der Waals surface area contributed by atoms with Gasteiger partial charge in [0.25, 0.3) is 5.91 Å². The molecule has 1 saturated heterocycles. The van der Waals surface area contributed by atoms with Crippen LogP contribution < -0.4 is 10.6 Å². The molecule has 31 heavy (non-hydrogen) atoms. The molecule has 1 fully saturated rings. The Morgan fingerprint density at radius 3 is 2.58 bits per heavy atom. The van der Waals surface area contributed by atoms with Crippen LogP contribution in [0, 0.1) is 6.92 Å². The Kier molecular flexibility index (Phi) is 5.13. The molecule has 0 spiro atoms. The molecule has 7 heteroatoms. The minimum atomic E-state index is -0.777. The number of hydrogen-bond acceptors (Lipinski definition) is 4. The quantitative estimate of drug-likeness (QED) is 0.745. The molecule has 0 radical (unpaired) electrons. The molecule has 4 rings (SSSR count). The molecule has 0 aliphatic carbocycles. The molecule has 2 heterocycles. The summed E-state index contributed by atoms with van der Waals surface area (Å²) in [6, 6.07) is 12.3. The van der Waals surface area contributed by atoms with Gasteiger partial charge in [-0.1, -0.05) is 35.9 Å². The summed E-state index contributed by atoms with van der Waals surface area (Å²) in [6.45, 7) is 5.92. The number of piperidine rings is 1. The first-order chi connectivity index (χ1) is 14.7. The van der Waals surface area contributed by atoms with Crippen molar-refractivity contribution in [2.75, 3.05) is 5.32 Å². The van der Waals surface area contributed by atoms with Gasteiger partial charge in [0, 0.05) is 29.8 Å². The summed E-state index contributed by atoms with van der Waals surface area (Å²) in [6.07, 6.45) is 0.497. The summed E-state index contributed by atoms with van der Waals surface area (Å²) in [7, 11) is 0. The zero-order valence-electron chi connectivity index (χ0n) is 17.8. The molecule has 7 nitrogen and oxygen atoms in total. The van der Waals surface area contributed by atoms with E-state index in [9.17, 15) is 19.2 Å². The van der Waals surface area contributed by atoms with Crippen LogP contribution in [0.2, 0.25) is 0 Å². The molecule has 160 valence electrons. The summed E-state index contributed by atoms with van der Waals surface area (Å²) in [5, 5.41) is 5.29. The lowest BCUT2D eigenvalue weighted by Gasteiger charge is -2.29. The van der Waals surface area contributed by atoms with Gasteiger partial charge in [0.1, 0.15) is 6.04 Å². The standard InChI is InChI=1S/C24H25N3O4/c1-14-6-4-7-15(12-14)24(2,3)23(31)25-18-9-5-8-16-17(18)13-27(22(16)30)19-10-11-20(28)26-21(19)29/h4-9,12,19H,10-11,13H2,1-3H3,(H,25,31)(H,26,28,29). The molecule has 2 N–H and O–H groups in total. The normalized spacial score (nSPS) is 18.6. The maximum atomic E-state index is 13.2. The van der Waals surface area contributed by atoms with Gasteiger partial charge in [-0.15, -0.1) is 0 Å². The second-order valence-electron chi connectivity index (χ2n) is 8.68. The maximum absolute atomic E-state index is 13.2. The predicted octanol–water partition coefficient (Wildman–Crippen LogP) is 2.67. The number of aryl methyl sites for hydroxylation is 1. The molecule has 2 aliphatic rings. The van der Waals surface area contributed by atoms with Crippen LogP contribution in [0.3, 0.4) is 0 Å². The van der Waals surface area contributed by atoms with E-state index < -0.39 is 17.4 Å². The highest BCUT2D eigenvalue weighted by Crippen LogP contribution is 2.34. The Labute approximate surface area is 180 Å². The van der Waals surface area contributed by atoms with E-state index in [1.165, 1.54) is 4.90 Å². The van der Waals surface area contributed by atoms with Crippen LogP contribution in [0.15, 0.2) is 42.5 Å². The van der Waals surface area contributed by atoms with E-state index in [4.69, 9.17) is 0 Å². The molecule has 2 aromatic rings. The first-order valence-corrected chi connectivity index (χ1v) is 10.3. The predicted molar refractivity (Wildman–Crippen MR) is 115 cm³/mol. The third-order valence-electron chi connectivity index (χ3n) is 6.14. The van der Waals surface area contributed by atoms with E-state index in [0.717, 1.165) is 11.1 Å². The zero-order chi connectivity index (χ0) is 22.3. The van der Waals surface area contributed by atoms with Gasteiger partial charge in [0.05, 0.1) is 5.41 Å². The third kappa shape index (κ3) is 3.71. The second-order valence-corrected chi connectivity index (χ2v) is 8.68. The fourth-order valence-electron chi connectivity index (χ4n) is 4.15. The average molecular weight is 419 g/mol. The first kappa shape index (κ1) is 20.8. The van der Waals surface area contributed by atoms with Crippen LogP contribution in [0.1, 0.15) is 53.7 Å². The summed E-state index contributed by atoms with van der Waals surface area (Å²) in [4.78, 5) is 51.4. The highest BCUT2D eigenvalue weighted by atomic mass is 16.2. The lowest BCUT2D eigenvalue weighted by molar-refractivity contribution is -0.137. The SMILES string of the molecule is Cc1cccc(C(C)(C)C(=O)Nc2cccc3c2CN(C2CCC(=O)NC2=O)C3=O)c1. The fourth-order valence-corrected chi connectivity index (χ4v) is 4.15. The van der Waals surface area contributed by atoms with Crippen molar-refractivity contribution in [3.63, 3.8) is 0 Å². The lowest BCUT2D eigenvalue weighted by Crippen LogP contribution is -2.52. The Morgan fingerprint density at radius 1 is 1.13 bits per heavy atom. The molecule has 2 aromatic carbocycles. The van der Waals surface area contributed by atoms with Gasteiger partial charge in [-0.25, -0.2) is 0 Å².